The van der Waals surface area contributed by atoms with E-state index in [1.165, 1.54) is 0 Å². The Hall–Kier alpha value is -3.54. The number of aromatic nitrogens is 3. The van der Waals surface area contributed by atoms with Crippen LogP contribution in [0.25, 0.3) is 6.08 Å². The van der Waals surface area contributed by atoms with Crippen LogP contribution in [0.1, 0.15) is 24.1 Å². The molecule has 0 radical (unpaired) electrons. The smallest absolute Gasteiger partial charge is 0.246 e. The van der Waals surface area contributed by atoms with Gasteiger partial charge in [-0.2, -0.15) is 0 Å². The van der Waals surface area contributed by atoms with E-state index in [0.717, 1.165) is 55.2 Å². The van der Waals surface area contributed by atoms with Crippen LogP contribution in [-0.2, 0) is 11.2 Å². The van der Waals surface area contributed by atoms with Gasteiger partial charge in [-0.15, -0.1) is 0 Å². The van der Waals surface area contributed by atoms with Crippen molar-refractivity contribution in [2.24, 2.45) is 5.92 Å². The number of anilines is 2. The number of hydrogen-bond acceptors (Lipinski definition) is 5. The summed E-state index contributed by atoms with van der Waals surface area (Å²) < 4.78 is 0. The van der Waals surface area contributed by atoms with Gasteiger partial charge in [0.05, 0.1) is 0 Å². The second-order valence-corrected chi connectivity index (χ2v) is 7.48. The summed E-state index contributed by atoms with van der Waals surface area (Å²) in [4.78, 5) is 27.6. The third-order valence-electron chi connectivity index (χ3n) is 5.19. The van der Waals surface area contributed by atoms with E-state index in [4.69, 9.17) is 0 Å². The number of benzene rings is 1. The zero-order chi connectivity index (χ0) is 20.6. The highest BCUT2D eigenvalue weighted by Gasteiger charge is 2.23. The minimum atomic E-state index is 0.0729. The van der Waals surface area contributed by atoms with Crippen molar-refractivity contribution in [1.29, 1.82) is 0 Å². The first-order chi connectivity index (χ1) is 14.8. The van der Waals surface area contributed by atoms with Gasteiger partial charge in [-0.1, -0.05) is 36.4 Å². The van der Waals surface area contributed by atoms with Gasteiger partial charge in [0.1, 0.15) is 18.0 Å². The number of rotatable bonds is 6. The molecule has 6 heteroatoms. The number of nitrogens with zero attached hydrogens (tertiary/aromatic N) is 4. The molecule has 30 heavy (non-hydrogen) atoms. The van der Waals surface area contributed by atoms with Gasteiger partial charge in [0.2, 0.25) is 5.91 Å². The highest BCUT2D eigenvalue weighted by molar-refractivity contribution is 5.91. The topological polar surface area (TPSA) is 71.0 Å². The Morgan fingerprint density at radius 1 is 1.07 bits per heavy atom. The van der Waals surface area contributed by atoms with Gasteiger partial charge in [-0.05, 0) is 49.0 Å². The molecule has 1 N–H and O–H groups in total. The summed E-state index contributed by atoms with van der Waals surface area (Å²) in [5, 5.41) is 3.20. The minimum Gasteiger partial charge on any atom is -0.339 e. The van der Waals surface area contributed by atoms with Crippen molar-refractivity contribution in [3.05, 3.63) is 84.5 Å². The van der Waals surface area contributed by atoms with Gasteiger partial charge in [0.25, 0.3) is 0 Å². The average molecular weight is 399 g/mol. The molecule has 0 spiro atoms. The summed E-state index contributed by atoms with van der Waals surface area (Å²) in [6.07, 6.45) is 9.81. The predicted octanol–water partition coefficient (Wildman–Crippen LogP) is 4.11. The van der Waals surface area contributed by atoms with Gasteiger partial charge in [-0.25, -0.2) is 15.0 Å². The second-order valence-electron chi connectivity index (χ2n) is 7.48. The van der Waals surface area contributed by atoms with Crippen LogP contribution in [0.15, 0.2) is 73.2 Å². The number of likely N-dealkylation sites (tertiary alicyclic amines) is 1. The molecule has 0 bridgehead atoms. The molecule has 3 heterocycles. The van der Waals surface area contributed by atoms with Crippen molar-refractivity contribution in [2.45, 2.75) is 19.3 Å². The van der Waals surface area contributed by atoms with E-state index in [1.54, 1.807) is 18.6 Å². The van der Waals surface area contributed by atoms with E-state index in [0.29, 0.717) is 5.92 Å². The van der Waals surface area contributed by atoms with Crippen LogP contribution in [0.5, 0.6) is 0 Å². The molecule has 3 aromatic rings. The zero-order valence-electron chi connectivity index (χ0n) is 16.8. The molecule has 6 nitrogen and oxygen atoms in total. The van der Waals surface area contributed by atoms with Gasteiger partial charge in [0.15, 0.2) is 0 Å². The Balaban J connectivity index is 1.35. The van der Waals surface area contributed by atoms with E-state index >= 15 is 0 Å². The van der Waals surface area contributed by atoms with Crippen LogP contribution in [0.3, 0.4) is 0 Å². The first-order valence-electron chi connectivity index (χ1n) is 10.3. The fourth-order valence-corrected chi connectivity index (χ4v) is 3.71. The van der Waals surface area contributed by atoms with Gasteiger partial charge in [-0.3, -0.25) is 4.79 Å². The standard InChI is InChI=1S/C24H25N5O/c30-24(12-11-19-7-2-1-3-8-19)29-14-6-9-20(17-29)15-21-16-23(27-18-26-21)28-22-10-4-5-13-25-22/h1-5,7-8,10-13,16,18,20H,6,9,14-15,17H2,(H,25,26,27,28)/b12-11+/t20-/m0/s1. The summed E-state index contributed by atoms with van der Waals surface area (Å²) in [7, 11) is 0. The Bertz CT molecular complexity index is 991. The van der Waals surface area contributed by atoms with Crippen LogP contribution < -0.4 is 5.32 Å². The molecule has 1 fully saturated rings. The number of carbonyl (C=O) groups excluding carboxylic acids is 1. The molecule has 152 valence electrons. The maximum absolute atomic E-state index is 12.6. The van der Waals surface area contributed by atoms with E-state index in [-0.39, 0.29) is 5.91 Å². The third-order valence-corrected chi connectivity index (χ3v) is 5.19. The lowest BCUT2D eigenvalue weighted by atomic mass is 9.93. The number of hydrogen-bond donors (Lipinski definition) is 1. The number of pyridine rings is 1. The maximum atomic E-state index is 12.6. The van der Waals surface area contributed by atoms with Crippen LogP contribution in [0.2, 0.25) is 0 Å². The molecule has 1 amide bonds. The molecule has 1 aromatic carbocycles. The van der Waals surface area contributed by atoms with Gasteiger partial charge in [0, 0.05) is 37.1 Å². The fourth-order valence-electron chi connectivity index (χ4n) is 3.71. The molecule has 2 aromatic heterocycles. The van der Waals surface area contributed by atoms with Gasteiger partial charge >= 0.3 is 0 Å². The minimum absolute atomic E-state index is 0.0729. The second kappa shape index (κ2) is 9.78. The predicted molar refractivity (Wildman–Crippen MR) is 118 cm³/mol. The Morgan fingerprint density at radius 3 is 2.77 bits per heavy atom. The molecule has 0 aliphatic carbocycles. The van der Waals surface area contributed by atoms with Crippen molar-refractivity contribution in [2.75, 3.05) is 18.4 Å². The quantitative estimate of drug-likeness (QED) is 0.632. The van der Waals surface area contributed by atoms with Crippen molar-refractivity contribution in [3.8, 4) is 0 Å². The van der Waals surface area contributed by atoms with Crippen molar-refractivity contribution >= 4 is 23.6 Å². The molecular formula is C24H25N5O. The largest absolute Gasteiger partial charge is 0.339 e. The first kappa shape index (κ1) is 19.8. The highest BCUT2D eigenvalue weighted by Crippen LogP contribution is 2.22. The fraction of sp³-hybridized carbons (Fsp3) is 0.250. The lowest BCUT2D eigenvalue weighted by Crippen LogP contribution is -2.39. The number of nitrogens with one attached hydrogen (secondary N) is 1. The lowest BCUT2D eigenvalue weighted by Gasteiger charge is -2.32. The molecule has 1 aliphatic rings. The number of piperidine rings is 1. The SMILES string of the molecule is O=C(/C=C/c1ccccc1)N1CCC[C@@H](Cc2cc(Nc3ccccn3)ncn2)C1. The first-order valence-corrected chi connectivity index (χ1v) is 10.3. The van der Waals surface area contributed by atoms with Crippen LogP contribution >= 0.6 is 0 Å². The summed E-state index contributed by atoms with van der Waals surface area (Å²) in [6, 6.07) is 17.6. The van der Waals surface area contributed by atoms with Crippen molar-refractivity contribution in [3.63, 3.8) is 0 Å². The van der Waals surface area contributed by atoms with Crippen molar-refractivity contribution < 1.29 is 4.79 Å². The zero-order valence-corrected chi connectivity index (χ0v) is 16.8. The van der Waals surface area contributed by atoms with E-state index in [1.807, 2.05) is 65.6 Å². The van der Waals surface area contributed by atoms with Crippen LogP contribution in [-0.4, -0.2) is 38.8 Å². The number of carbonyl (C=O) groups is 1. The maximum Gasteiger partial charge on any atom is 0.246 e. The molecular weight excluding hydrogens is 374 g/mol. The molecule has 1 saturated heterocycles. The van der Waals surface area contributed by atoms with E-state index in [2.05, 4.69) is 20.3 Å². The van der Waals surface area contributed by atoms with Crippen LogP contribution in [0, 0.1) is 5.92 Å². The molecule has 0 unspecified atom stereocenters. The van der Waals surface area contributed by atoms with Crippen LogP contribution in [0.4, 0.5) is 11.6 Å². The van der Waals surface area contributed by atoms with Gasteiger partial charge < -0.3 is 10.2 Å². The normalized spacial score (nSPS) is 16.5. The Kier molecular flexibility index (Phi) is 6.44. The summed E-state index contributed by atoms with van der Waals surface area (Å²) in [5.74, 6) is 1.95. The monoisotopic (exact) mass is 399 g/mol. The van der Waals surface area contributed by atoms with E-state index in [9.17, 15) is 4.79 Å². The third kappa shape index (κ3) is 5.50. The highest BCUT2D eigenvalue weighted by atomic mass is 16.2. The number of amides is 1. The molecule has 0 saturated carbocycles. The molecule has 1 atom stereocenters. The Morgan fingerprint density at radius 2 is 1.93 bits per heavy atom. The molecule has 4 rings (SSSR count). The summed E-state index contributed by atoms with van der Waals surface area (Å²) in [6.45, 7) is 1.57. The molecule has 1 aliphatic heterocycles. The Labute approximate surface area is 176 Å². The summed E-state index contributed by atoms with van der Waals surface area (Å²) in [5.41, 5.74) is 2.01. The lowest BCUT2D eigenvalue weighted by molar-refractivity contribution is -0.127. The summed E-state index contributed by atoms with van der Waals surface area (Å²) >= 11 is 0. The van der Waals surface area contributed by atoms with E-state index < -0.39 is 0 Å². The van der Waals surface area contributed by atoms with Crippen molar-refractivity contribution in [1.82, 2.24) is 19.9 Å². The average Bonchev–Trinajstić information content (AvgIpc) is 2.79.